The van der Waals surface area contributed by atoms with Crippen LogP contribution in [0, 0.1) is 5.92 Å². The van der Waals surface area contributed by atoms with Crippen LogP contribution in [0.25, 0.3) is 0 Å². The standard InChI is InChI=1S/C17H25N3O3/c1-2-19-16(21)12-23-15-5-3-4-13(10-15)11-20-17(22)14-6-8-18-9-7-14/h3-5,10,14,18H,2,6-9,11-12H2,1H3,(H,19,21)(H,20,22). The summed E-state index contributed by atoms with van der Waals surface area (Å²) >= 11 is 0. The summed E-state index contributed by atoms with van der Waals surface area (Å²) in [7, 11) is 0. The molecule has 1 aromatic rings. The van der Waals surface area contributed by atoms with Crippen LogP contribution in [-0.4, -0.2) is 38.1 Å². The normalized spacial score (nSPS) is 15.0. The van der Waals surface area contributed by atoms with Crippen LogP contribution < -0.4 is 20.7 Å². The molecule has 0 aliphatic carbocycles. The van der Waals surface area contributed by atoms with Gasteiger partial charge in [0, 0.05) is 19.0 Å². The highest BCUT2D eigenvalue weighted by Crippen LogP contribution is 2.15. The highest BCUT2D eigenvalue weighted by molar-refractivity contribution is 5.78. The summed E-state index contributed by atoms with van der Waals surface area (Å²) < 4.78 is 5.45. The number of amides is 2. The molecule has 1 heterocycles. The second kappa shape index (κ2) is 9.15. The summed E-state index contributed by atoms with van der Waals surface area (Å²) in [4.78, 5) is 23.5. The zero-order valence-corrected chi connectivity index (χ0v) is 13.6. The van der Waals surface area contributed by atoms with Gasteiger partial charge in [-0.15, -0.1) is 0 Å². The predicted molar refractivity (Wildman–Crippen MR) is 88.1 cm³/mol. The molecule has 6 nitrogen and oxygen atoms in total. The Labute approximate surface area is 137 Å². The number of carbonyl (C=O) groups is 2. The molecular formula is C17H25N3O3. The average Bonchev–Trinajstić information content (AvgIpc) is 2.59. The molecule has 126 valence electrons. The summed E-state index contributed by atoms with van der Waals surface area (Å²) in [5.41, 5.74) is 0.959. The quantitative estimate of drug-likeness (QED) is 0.695. The lowest BCUT2D eigenvalue weighted by Crippen LogP contribution is -2.37. The Hall–Kier alpha value is -2.08. The van der Waals surface area contributed by atoms with Crippen molar-refractivity contribution in [1.29, 1.82) is 0 Å². The van der Waals surface area contributed by atoms with E-state index in [2.05, 4.69) is 16.0 Å². The van der Waals surface area contributed by atoms with Crippen molar-refractivity contribution >= 4 is 11.8 Å². The highest BCUT2D eigenvalue weighted by Gasteiger charge is 2.20. The molecule has 0 radical (unpaired) electrons. The molecule has 6 heteroatoms. The van der Waals surface area contributed by atoms with E-state index in [4.69, 9.17) is 4.74 Å². The fourth-order valence-electron chi connectivity index (χ4n) is 2.56. The molecular weight excluding hydrogens is 294 g/mol. The molecule has 0 bridgehead atoms. The number of nitrogens with one attached hydrogen (secondary N) is 3. The molecule has 3 N–H and O–H groups in total. The summed E-state index contributed by atoms with van der Waals surface area (Å²) in [6.07, 6.45) is 1.78. The molecule has 0 spiro atoms. The first kappa shape index (κ1) is 17.3. The Kier molecular flexibility index (Phi) is 6.87. The van der Waals surface area contributed by atoms with Gasteiger partial charge in [0.15, 0.2) is 6.61 Å². The lowest BCUT2D eigenvalue weighted by atomic mass is 9.97. The van der Waals surface area contributed by atoms with E-state index < -0.39 is 0 Å². The molecule has 0 aromatic heterocycles. The average molecular weight is 319 g/mol. The lowest BCUT2D eigenvalue weighted by molar-refractivity contribution is -0.126. The minimum atomic E-state index is -0.142. The zero-order valence-electron chi connectivity index (χ0n) is 13.6. The van der Waals surface area contributed by atoms with Gasteiger partial charge in [-0.2, -0.15) is 0 Å². The van der Waals surface area contributed by atoms with Crippen molar-refractivity contribution in [3.63, 3.8) is 0 Å². The van der Waals surface area contributed by atoms with Gasteiger partial charge in [-0.1, -0.05) is 12.1 Å². The molecule has 0 unspecified atom stereocenters. The van der Waals surface area contributed by atoms with Gasteiger partial charge < -0.3 is 20.7 Å². The van der Waals surface area contributed by atoms with Gasteiger partial charge >= 0.3 is 0 Å². The van der Waals surface area contributed by atoms with Gasteiger partial charge in [0.05, 0.1) is 0 Å². The zero-order chi connectivity index (χ0) is 16.5. The SMILES string of the molecule is CCNC(=O)COc1cccc(CNC(=O)C2CCNCC2)c1. The molecule has 1 aliphatic heterocycles. The van der Waals surface area contributed by atoms with Gasteiger partial charge in [0.2, 0.25) is 5.91 Å². The first-order valence-electron chi connectivity index (χ1n) is 8.16. The molecule has 1 aliphatic rings. The van der Waals surface area contributed by atoms with Gasteiger partial charge in [-0.3, -0.25) is 9.59 Å². The van der Waals surface area contributed by atoms with Crippen LogP contribution in [0.3, 0.4) is 0 Å². The maximum atomic E-state index is 12.1. The monoisotopic (exact) mass is 319 g/mol. The third-order valence-corrected chi connectivity index (χ3v) is 3.82. The number of ether oxygens (including phenoxy) is 1. The van der Waals surface area contributed by atoms with E-state index >= 15 is 0 Å². The van der Waals surface area contributed by atoms with Crippen LogP contribution in [0.1, 0.15) is 25.3 Å². The highest BCUT2D eigenvalue weighted by atomic mass is 16.5. The maximum absolute atomic E-state index is 12.1. The van der Waals surface area contributed by atoms with Gasteiger partial charge in [0.25, 0.3) is 5.91 Å². The van der Waals surface area contributed by atoms with Crippen LogP contribution >= 0.6 is 0 Å². The van der Waals surface area contributed by atoms with Crippen LogP contribution in [0.2, 0.25) is 0 Å². The molecule has 2 amide bonds. The van der Waals surface area contributed by atoms with Crippen molar-refractivity contribution in [2.75, 3.05) is 26.2 Å². The van der Waals surface area contributed by atoms with Gasteiger partial charge in [0.1, 0.15) is 5.75 Å². The first-order valence-corrected chi connectivity index (χ1v) is 8.16. The fraction of sp³-hybridized carbons (Fsp3) is 0.529. The molecule has 1 aromatic carbocycles. The molecule has 1 fully saturated rings. The molecule has 23 heavy (non-hydrogen) atoms. The fourth-order valence-corrected chi connectivity index (χ4v) is 2.56. The Morgan fingerprint density at radius 2 is 2.04 bits per heavy atom. The minimum Gasteiger partial charge on any atom is -0.484 e. The Balaban J connectivity index is 1.80. The van der Waals surface area contributed by atoms with Crippen LogP contribution in [0.15, 0.2) is 24.3 Å². The first-order chi connectivity index (χ1) is 11.2. The van der Waals surface area contributed by atoms with E-state index in [0.717, 1.165) is 31.5 Å². The van der Waals surface area contributed by atoms with Crippen molar-refractivity contribution in [3.8, 4) is 5.75 Å². The largest absolute Gasteiger partial charge is 0.484 e. The molecule has 1 saturated heterocycles. The summed E-state index contributed by atoms with van der Waals surface area (Å²) in [5, 5.41) is 8.91. The van der Waals surface area contributed by atoms with Gasteiger partial charge in [-0.05, 0) is 50.6 Å². The second-order valence-corrected chi connectivity index (χ2v) is 5.63. The van der Waals surface area contributed by atoms with Crippen molar-refractivity contribution in [3.05, 3.63) is 29.8 Å². The summed E-state index contributed by atoms with van der Waals surface area (Å²) in [6, 6.07) is 7.44. The number of rotatable bonds is 7. The number of hydrogen-bond donors (Lipinski definition) is 3. The smallest absolute Gasteiger partial charge is 0.257 e. The van der Waals surface area contributed by atoms with Crippen molar-refractivity contribution in [2.45, 2.75) is 26.3 Å². The number of carbonyl (C=O) groups excluding carboxylic acids is 2. The third kappa shape index (κ3) is 5.90. The summed E-state index contributed by atoms with van der Waals surface area (Å²) in [5.74, 6) is 0.704. The lowest BCUT2D eigenvalue weighted by Gasteiger charge is -2.21. The van der Waals surface area contributed by atoms with E-state index in [1.54, 1.807) is 6.07 Å². The minimum absolute atomic E-state index is 0.00126. The Morgan fingerprint density at radius 3 is 2.78 bits per heavy atom. The second-order valence-electron chi connectivity index (χ2n) is 5.63. The van der Waals surface area contributed by atoms with Crippen molar-refractivity contribution in [2.24, 2.45) is 5.92 Å². The van der Waals surface area contributed by atoms with E-state index in [1.807, 2.05) is 25.1 Å². The van der Waals surface area contributed by atoms with E-state index in [1.165, 1.54) is 0 Å². The predicted octanol–water partition coefficient (Wildman–Crippen LogP) is 0.817. The van der Waals surface area contributed by atoms with Crippen LogP contribution in [0.5, 0.6) is 5.75 Å². The van der Waals surface area contributed by atoms with Crippen LogP contribution in [0.4, 0.5) is 0 Å². The Bertz CT molecular complexity index is 528. The van der Waals surface area contributed by atoms with E-state index in [9.17, 15) is 9.59 Å². The number of likely N-dealkylation sites (N-methyl/N-ethyl adjacent to an activating group) is 1. The molecule has 2 rings (SSSR count). The van der Waals surface area contributed by atoms with Crippen LogP contribution in [-0.2, 0) is 16.1 Å². The van der Waals surface area contributed by atoms with Crippen molar-refractivity contribution < 1.29 is 14.3 Å². The molecule has 0 saturated carbocycles. The summed E-state index contributed by atoms with van der Waals surface area (Å²) in [6.45, 7) is 4.73. The maximum Gasteiger partial charge on any atom is 0.257 e. The molecule has 0 atom stereocenters. The number of piperidine rings is 1. The topological polar surface area (TPSA) is 79.5 Å². The third-order valence-electron chi connectivity index (χ3n) is 3.82. The number of benzene rings is 1. The van der Waals surface area contributed by atoms with Crippen molar-refractivity contribution in [1.82, 2.24) is 16.0 Å². The Morgan fingerprint density at radius 1 is 1.26 bits per heavy atom. The van der Waals surface area contributed by atoms with Gasteiger partial charge in [-0.25, -0.2) is 0 Å². The van der Waals surface area contributed by atoms with E-state index in [0.29, 0.717) is 18.8 Å². The number of hydrogen-bond acceptors (Lipinski definition) is 4. The van der Waals surface area contributed by atoms with E-state index in [-0.39, 0.29) is 24.3 Å².